The molecule has 0 radical (unpaired) electrons. The highest BCUT2D eigenvalue weighted by molar-refractivity contribution is 9.10. The Hall–Kier alpha value is -4.49. The molecule has 0 aliphatic carbocycles. The molecule has 0 spiro atoms. The number of nitro groups is 1. The third kappa shape index (κ3) is 4.76. The van der Waals surface area contributed by atoms with Crippen molar-refractivity contribution in [3.63, 3.8) is 0 Å². The number of non-ortho nitro benzene ring substituents is 1. The summed E-state index contributed by atoms with van der Waals surface area (Å²) in [5.41, 5.74) is 1.25. The minimum absolute atomic E-state index is 0.0916. The van der Waals surface area contributed by atoms with Crippen LogP contribution in [0, 0.1) is 10.1 Å². The van der Waals surface area contributed by atoms with E-state index in [1.165, 1.54) is 28.0 Å². The number of furan rings is 1. The molecular weight excluding hydrogens is 618 g/mol. The number of benzene rings is 2. The van der Waals surface area contributed by atoms with Crippen molar-refractivity contribution in [2.24, 2.45) is 4.99 Å². The van der Waals surface area contributed by atoms with Crippen LogP contribution < -0.4 is 24.4 Å². The van der Waals surface area contributed by atoms with Crippen molar-refractivity contribution in [1.82, 2.24) is 4.57 Å². The second kappa shape index (κ2) is 10.5. The SMILES string of the molecule is CCOC(=O)C1=C(C)N=c2s/c(=C\c3cc4c(cc3Br)OCO4)c(=O)n2[C@H]1c1ccc(-c2cccc([N+](=O)[O-])c2)o1. The summed E-state index contributed by atoms with van der Waals surface area (Å²) in [4.78, 5) is 42.8. The number of halogens is 1. The Morgan fingerprint density at radius 2 is 2.02 bits per heavy atom. The molecule has 2 aliphatic rings. The maximum absolute atomic E-state index is 13.9. The quantitative estimate of drug-likeness (QED) is 0.172. The van der Waals surface area contributed by atoms with E-state index in [1.807, 2.05) is 0 Å². The number of nitrogens with zero attached hydrogens (tertiary/aromatic N) is 3. The molecule has 0 fully saturated rings. The molecule has 41 heavy (non-hydrogen) atoms. The number of fused-ring (bicyclic) bond motifs is 2. The summed E-state index contributed by atoms with van der Waals surface area (Å²) in [5, 5.41) is 11.3. The smallest absolute Gasteiger partial charge is 0.338 e. The molecule has 208 valence electrons. The molecule has 2 aromatic heterocycles. The summed E-state index contributed by atoms with van der Waals surface area (Å²) in [6.45, 7) is 3.61. The van der Waals surface area contributed by atoms with Gasteiger partial charge in [0, 0.05) is 22.2 Å². The molecule has 2 aliphatic heterocycles. The number of hydrogen-bond acceptors (Lipinski definition) is 10. The van der Waals surface area contributed by atoms with Gasteiger partial charge in [-0.3, -0.25) is 19.5 Å². The fourth-order valence-electron chi connectivity index (χ4n) is 4.67. The number of hydrogen-bond donors (Lipinski definition) is 0. The number of allylic oxidation sites excluding steroid dienone is 1. The first kappa shape index (κ1) is 26.7. The van der Waals surface area contributed by atoms with Gasteiger partial charge in [-0.2, -0.15) is 0 Å². The molecule has 0 N–H and O–H groups in total. The van der Waals surface area contributed by atoms with Crippen molar-refractivity contribution in [1.29, 1.82) is 0 Å². The number of nitro benzene ring substituents is 1. The van der Waals surface area contributed by atoms with Crippen molar-refractivity contribution in [2.45, 2.75) is 19.9 Å². The third-order valence-corrected chi connectivity index (χ3v) is 8.20. The van der Waals surface area contributed by atoms with Crippen LogP contribution in [-0.4, -0.2) is 28.9 Å². The van der Waals surface area contributed by atoms with Crippen LogP contribution in [0.15, 0.2) is 78.5 Å². The van der Waals surface area contributed by atoms with E-state index in [4.69, 9.17) is 18.6 Å². The minimum atomic E-state index is -0.972. The van der Waals surface area contributed by atoms with E-state index in [2.05, 4.69) is 20.9 Å². The molecule has 0 saturated carbocycles. The molecule has 2 aromatic carbocycles. The molecule has 4 heterocycles. The highest BCUT2D eigenvalue weighted by atomic mass is 79.9. The standard InChI is InChI=1S/C28H20BrN3O8S/c1-3-37-27(34)24-14(2)30-28-31(25(24)20-8-7-19(40-20)15-5-4-6-17(9-15)32(35)36)26(33)23(41-28)11-16-10-21-22(12-18(16)29)39-13-38-21/h4-12,25H,3,13H2,1-2H3/b23-11-/t25-/m0/s1. The number of carbonyl (C=O) groups excluding carboxylic acids is 1. The molecule has 0 bridgehead atoms. The van der Waals surface area contributed by atoms with Gasteiger partial charge in [0.1, 0.15) is 17.6 Å². The molecule has 4 aromatic rings. The Morgan fingerprint density at radius 3 is 2.78 bits per heavy atom. The van der Waals surface area contributed by atoms with Gasteiger partial charge in [0.2, 0.25) is 6.79 Å². The van der Waals surface area contributed by atoms with E-state index in [-0.39, 0.29) is 36.0 Å². The molecule has 0 saturated heterocycles. The van der Waals surface area contributed by atoms with E-state index in [9.17, 15) is 19.7 Å². The average Bonchev–Trinajstić information content (AvgIpc) is 3.68. The zero-order valence-corrected chi connectivity index (χ0v) is 24.0. The lowest BCUT2D eigenvalue weighted by Gasteiger charge is -2.22. The molecule has 13 heteroatoms. The molecular formula is C28H20BrN3O8S. The first-order valence-electron chi connectivity index (χ1n) is 12.4. The first-order valence-corrected chi connectivity index (χ1v) is 14.0. The fraction of sp³-hybridized carbons (Fsp3) is 0.179. The number of carbonyl (C=O) groups is 1. The van der Waals surface area contributed by atoms with Gasteiger partial charge in [-0.25, -0.2) is 9.79 Å². The van der Waals surface area contributed by atoms with Gasteiger partial charge in [-0.1, -0.05) is 39.4 Å². The van der Waals surface area contributed by atoms with Crippen LogP contribution in [0.1, 0.15) is 31.2 Å². The van der Waals surface area contributed by atoms with Crippen LogP contribution in [0.2, 0.25) is 0 Å². The van der Waals surface area contributed by atoms with Crippen LogP contribution in [0.4, 0.5) is 5.69 Å². The normalized spacial score (nSPS) is 16.0. The number of aromatic nitrogens is 1. The van der Waals surface area contributed by atoms with Crippen molar-refractivity contribution in [3.8, 4) is 22.8 Å². The minimum Gasteiger partial charge on any atom is -0.463 e. The summed E-state index contributed by atoms with van der Waals surface area (Å²) in [7, 11) is 0. The summed E-state index contributed by atoms with van der Waals surface area (Å²) in [6, 6.07) is 11.9. The van der Waals surface area contributed by atoms with Gasteiger partial charge in [0.25, 0.3) is 11.2 Å². The fourth-order valence-corrected chi connectivity index (χ4v) is 6.15. The molecule has 11 nitrogen and oxygen atoms in total. The molecule has 0 unspecified atom stereocenters. The summed E-state index contributed by atoms with van der Waals surface area (Å²) in [5.74, 6) is 1.16. The van der Waals surface area contributed by atoms with Gasteiger partial charge in [0.15, 0.2) is 16.3 Å². The Morgan fingerprint density at radius 1 is 1.24 bits per heavy atom. The molecule has 0 amide bonds. The monoisotopic (exact) mass is 637 g/mol. The summed E-state index contributed by atoms with van der Waals surface area (Å²) < 4.78 is 24.9. The lowest BCUT2D eigenvalue weighted by atomic mass is 10.0. The Balaban J connectivity index is 1.51. The maximum atomic E-state index is 13.9. The van der Waals surface area contributed by atoms with Crippen LogP contribution in [0.25, 0.3) is 17.4 Å². The van der Waals surface area contributed by atoms with Crippen LogP contribution in [0.3, 0.4) is 0 Å². The van der Waals surface area contributed by atoms with Crippen LogP contribution >= 0.6 is 27.3 Å². The predicted molar refractivity (Wildman–Crippen MR) is 151 cm³/mol. The van der Waals surface area contributed by atoms with Gasteiger partial charge >= 0.3 is 5.97 Å². The maximum Gasteiger partial charge on any atom is 0.338 e. The van der Waals surface area contributed by atoms with E-state index in [0.29, 0.717) is 47.9 Å². The second-order valence-electron chi connectivity index (χ2n) is 9.04. The van der Waals surface area contributed by atoms with Crippen molar-refractivity contribution in [3.05, 3.63) is 105 Å². The van der Waals surface area contributed by atoms with Crippen LogP contribution in [0.5, 0.6) is 11.5 Å². The second-order valence-corrected chi connectivity index (χ2v) is 10.9. The Labute approximate surface area is 243 Å². The largest absolute Gasteiger partial charge is 0.463 e. The summed E-state index contributed by atoms with van der Waals surface area (Å²) >= 11 is 4.69. The molecule has 1 atom stereocenters. The number of thiazole rings is 1. The lowest BCUT2D eigenvalue weighted by Crippen LogP contribution is -2.39. The topological polar surface area (TPSA) is 135 Å². The van der Waals surface area contributed by atoms with Crippen molar-refractivity contribution < 1.29 is 28.3 Å². The van der Waals surface area contributed by atoms with E-state index in [0.717, 1.165) is 0 Å². The van der Waals surface area contributed by atoms with Gasteiger partial charge in [-0.05, 0) is 49.8 Å². The third-order valence-electron chi connectivity index (χ3n) is 6.53. The van der Waals surface area contributed by atoms with E-state index >= 15 is 0 Å². The average molecular weight is 638 g/mol. The number of rotatable bonds is 6. The first-order chi connectivity index (χ1) is 19.7. The number of ether oxygens (including phenoxy) is 3. The summed E-state index contributed by atoms with van der Waals surface area (Å²) in [6.07, 6.45) is 1.72. The van der Waals surface area contributed by atoms with Gasteiger partial charge < -0.3 is 18.6 Å². The highest BCUT2D eigenvalue weighted by Crippen LogP contribution is 2.38. The van der Waals surface area contributed by atoms with E-state index in [1.54, 1.807) is 56.3 Å². The predicted octanol–water partition coefficient (Wildman–Crippen LogP) is 4.46. The lowest BCUT2D eigenvalue weighted by molar-refractivity contribution is -0.384. The highest BCUT2D eigenvalue weighted by Gasteiger charge is 2.35. The van der Waals surface area contributed by atoms with Crippen molar-refractivity contribution in [2.75, 3.05) is 13.4 Å². The molecule has 6 rings (SSSR count). The number of esters is 1. The Bertz CT molecular complexity index is 1950. The zero-order chi connectivity index (χ0) is 28.8. The van der Waals surface area contributed by atoms with E-state index < -0.39 is 16.9 Å². The van der Waals surface area contributed by atoms with Gasteiger partial charge in [0.05, 0.1) is 27.3 Å². The van der Waals surface area contributed by atoms with Gasteiger partial charge in [-0.15, -0.1) is 0 Å². The van der Waals surface area contributed by atoms with Crippen LogP contribution in [-0.2, 0) is 9.53 Å². The van der Waals surface area contributed by atoms with Crippen molar-refractivity contribution >= 4 is 45.0 Å². The zero-order valence-electron chi connectivity index (χ0n) is 21.6. The Kier molecular flexibility index (Phi) is 6.83.